The fourth-order valence-corrected chi connectivity index (χ4v) is 4.40. The van der Waals surface area contributed by atoms with Crippen molar-refractivity contribution < 1.29 is 19.1 Å². The van der Waals surface area contributed by atoms with E-state index in [-0.39, 0.29) is 6.54 Å². The molecule has 0 radical (unpaired) electrons. The molecule has 1 atom stereocenters. The lowest BCUT2D eigenvalue weighted by atomic mass is 10.1. The fourth-order valence-electron chi connectivity index (χ4n) is 3.36. The van der Waals surface area contributed by atoms with Crippen molar-refractivity contribution in [3.05, 3.63) is 52.0 Å². The number of hydrogen-bond acceptors (Lipinski definition) is 6. The molecule has 1 aliphatic rings. The van der Waals surface area contributed by atoms with Crippen molar-refractivity contribution in [2.45, 2.75) is 33.4 Å². The number of fused-ring (bicyclic) bond motifs is 1. The van der Waals surface area contributed by atoms with Gasteiger partial charge < -0.3 is 10.1 Å². The van der Waals surface area contributed by atoms with Crippen LogP contribution in [-0.2, 0) is 16.1 Å². The number of benzene rings is 1. The van der Waals surface area contributed by atoms with Crippen LogP contribution in [0.3, 0.4) is 0 Å². The summed E-state index contributed by atoms with van der Waals surface area (Å²) in [5.41, 5.74) is 3.13. The van der Waals surface area contributed by atoms with E-state index in [1.54, 1.807) is 6.07 Å². The van der Waals surface area contributed by atoms with E-state index in [1.807, 2.05) is 18.5 Å². The lowest BCUT2D eigenvalue weighted by Gasteiger charge is -2.17. The Bertz CT molecular complexity index is 1130. The van der Waals surface area contributed by atoms with E-state index >= 15 is 0 Å². The first kappa shape index (κ1) is 20.1. The molecule has 1 aromatic carbocycles. The van der Waals surface area contributed by atoms with Gasteiger partial charge in [-0.15, -0.1) is 11.3 Å². The quantitative estimate of drug-likeness (QED) is 0.633. The Kier molecular flexibility index (Phi) is 5.29. The summed E-state index contributed by atoms with van der Waals surface area (Å²) in [6, 6.07) is 9.51. The Labute approximate surface area is 177 Å². The van der Waals surface area contributed by atoms with Crippen molar-refractivity contribution in [2.75, 3.05) is 13.1 Å². The van der Waals surface area contributed by atoms with Crippen LogP contribution in [0.25, 0.3) is 10.2 Å². The highest BCUT2D eigenvalue weighted by Gasteiger charge is 2.32. The van der Waals surface area contributed by atoms with Gasteiger partial charge in [-0.2, -0.15) is 5.10 Å². The molecule has 0 spiro atoms. The van der Waals surface area contributed by atoms with Crippen LogP contribution in [0.2, 0.25) is 0 Å². The van der Waals surface area contributed by atoms with Crippen LogP contribution >= 0.6 is 11.3 Å². The van der Waals surface area contributed by atoms with Gasteiger partial charge in [0.05, 0.1) is 12.2 Å². The van der Waals surface area contributed by atoms with Crippen LogP contribution in [0.5, 0.6) is 0 Å². The summed E-state index contributed by atoms with van der Waals surface area (Å²) >= 11 is 1.28. The number of rotatable bonds is 5. The minimum absolute atomic E-state index is 0.274. The van der Waals surface area contributed by atoms with Gasteiger partial charge in [0.2, 0.25) is 0 Å². The molecule has 3 amide bonds. The summed E-state index contributed by atoms with van der Waals surface area (Å²) in [5.74, 6) is -1.11. The monoisotopic (exact) mass is 426 g/mol. The number of imide groups is 1. The van der Waals surface area contributed by atoms with Gasteiger partial charge >= 0.3 is 12.0 Å². The zero-order valence-electron chi connectivity index (χ0n) is 17.0. The topological polar surface area (TPSA) is 93.5 Å². The zero-order chi connectivity index (χ0) is 21.4. The molecule has 156 valence electrons. The molecule has 0 saturated carbocycles. The Morgan fingerprint density at radius 1 is 1.27 bits per heavy atom. The molecule has 4 rings (SSSR count). The van der Waals surface area contributed by atoms with Crippen molar-refractivity contribution in [2.24, 2.45) is 0 Å². The molecule has 1 fully saturated rings. The maximum absolute atomic E-state index is 12.6. The second-order valence-electron chi connectivity index (χ2n) is 7.33. The standard InChI is InChI=1S/C21H22N4O4S/c1-12-4-6-15(7-5-12)11-25-19-16(13(2)23-25)10-17(30-19)20(27)29-14(3)18(26)24-9-8-22-21(24)28/h4-7,10,14H,8-9,11H2,1-3H3,(H,22,28). The number of hydrogen-bond donors (Lipinski definition) is 1. The van der Waals surface area contributed by atoms with Gasteiger partial charge in [0.1, 0.15) is 9.71 Å². The van der Waals surface area contributed by atoms with E-state index in [9.17, 15) is 14.4 Å². The van der Waals surface area contributed by atoms with Gasteiger partial charge in [-0.25, -0.2) is 9.59 Å². The third kappa shape index (κ3) is 3.80. The van der Waals surface area contributed by atoms with E-state index in [1.165, 1.54) is 23.8 Å². The van der Waals surface area contributed by atoms with Gasteiger partial charge in [-0.3, -0.25) is 14.4 Å². The molecule has 1 aliphatic heterocycles. The summed E-state index contributed by atoms with van der Waals surface area (Å²) in [4.78, 5) is 39.0. The molecule has 1 N–H and O–H groups in total. The number of thiophene rings is 1. The average molecular weight is 426 g/mol. The van der Waals surface area contributed by atoms with Crippen LogP contribution < -0.4 is 5.32 Å². The first-order valence-corrected chi connectivity index (χ1v) is 10.5. The molecule has 30 heavy (non-hydrogen) atoms. The molecular weight excluding hydrogens is 404 g/mol. The van der Waals surface area contributed by atoms with Crippen molar-refractivity contribution in [3.63, 3.8) is 0 Å². The molecule has 2 aromatic heterocycles. The minimum Gasteiger partial charge on any atom is -0.448 e. The van der Waals surface area contributed by atoms with E-state index in [0.29, 0.717) is 18.0 Å². The van der Waals surface area contributed by atoms with Gasteiger partial charge in [0, 0.05) is 18.5 Å². The lowest BCUT2D eigenvalue weighted by molar-refractivity contribution is -0.135. The zero-order valence-corrected chi connectivity index (χ0v) is 17.8. The van der Waals surface area contributed by atoms with Crippen LogP contribution in [0.1, 0.15) is 33.4 Å². The van der Waals surface area contributed by atoms with Gasteiger partial charge in [0.15, 0.2) is 6.10 Å². The largest absolute Gasteiger partial charge is 0.448 e. The summed E-state index contributed by atoms with van der Waals surface area (Å²) in [5, 5.41) is 8.03. The van der Waals surface area contributed by atoms with E-state index in [2.05, 4.69) is 34.7 Å². The summed E-state index contributed by atoms with van der Waals surface area (Å²) in [6.45, 7) is 6.68. The number of aryl methyl sites for hydroxylation is 2. The molecule has 1 unspecified atom stereocenters. The average Bonchev–Trinajstić information content (AvgIpc) is 3.40. The molecule has 0 aliphatic carbocycles. The third-order valence-electron chi connectivity index (χ3n) is 5.02. The smallest absolute Gasteiger partial charge is 0.349 e. The molecular formula is C21H22N4O4S. The summed E-state index contributed by atoms with van der Waals surface area (Å²) < 4.78 is 7.21. The maximum atomic E-state index is 12.6. The maximum Gasteiger partial charge on any atom is 0.349 e. The molecule has 1 saturated heterocycles. The third-order valence-corrected chi connectivity index (χ3v) is 6.14. The summed E-state index contributed by atoms with van der Waals surface area (Å²) in [6.07, 6.45) is -1.04. The van der Waals surface area contributed by atoms with Gasteiger partial charge in [0.25, 0.3) is 5.91 Å². The second-order valence-corrected chi connectivity index (χ2v) is 8.36. The second kappa shape index (κ2) is 7.91. The van der Waals surface area contributed by atoms with Crippen LogP contribution in [0.4, 0.5) is 4.79 Å². The number of amides is 3. The lowest BCUT2D eigenvalue weighted by Crippen LogP contribution is -2.41. The normalized spacial score (nSPS) is 14.8. The number of nitrogens with zero attached hydrogens (tertiary/aromatic N) is 3. The van der Waals surface area contributed by atoms with Crippen LogP contribution in [-0.4, -0.2) is 51.8 Å². The predicted octanol–water partition coefficient (Wildman–Crippen LogP) is 2.86. The number of urea groups is 1. The Morgan fingerprint density at radius 2 is 2.00 bits per heavy atom. The number of carbonyl (C=O) groups excluding carboxylic acids is 3. The molecule has 9 heteroatoms. The number of carbonyl (C=O) groups is 3. The van der Waals surface area contributed by atoms with Gasteiger partial charge in [-0.05, 0) is 32.4 Å². The van der Waals surface area contributed by atoms with Crippen molar-refractivity contribution in [1.29, 1.82) is 0 Å². The SMILES string of the molecule is Cc1ccc(Cn2nc(C)c3cc(C(=O)OC(C)C(=O)N4CCNC4=O)sc32)cc1. The number of aromatic nitrogens is 2. The highest BCUT2D eigenvalue weighted by molar-refractivity contribution is 7.20. The Hall–Kier alpha value is -3.20. The number of nitrogens with one attached hydrogen (secondary N) is 1. The van der Waals surface area contributed by atoms with E-state index in [0.717, 1.165) is 26.4 Å². The molecule has 3 heterocycles. The Morgan fingerprint density at radius 3 is 2.67 bits per heavy atom. The number of ether oxygens (including phenoxy) is 1. The molecule has 0 bridgehead atoms. The molecule has 8 nitrogen and oxygen atoms in total. The first-order chi connectivity index (χ1) is 14.3. The number of esters is 1. The van der Waals surface area contributed by atoms with Crippen molar-refractivity contribution >= 4 is 39.5 Å². The minimum atomic E-state index is -1.04. The van der Waals surface area contributed by atoms with Gasteiger partial charge in [-0.1, -0.05) is 29.8 Å². The van der Waals surface area contributed by atoms with Crippen LogP contribution in [0, 0.1) is 13.8 Å². The first-order valence-electron chi connectivity index (χ1n) is 9.66. The van der Waals surface area contributed by atoms with E-state index < -0.39 is 24.0 Å². The van der Waals surface area contributed by atoms with Crippen molar-refractivity contribution in [3.8, 4) is 0 Å². The van der Waals surface area contributed by atoms with Crippen molar-refractivity contribution in [1.82, 2.24) is 20.0 Å². The molecule has 3 aromatic rings. The summed E-state index contributed by atoms with van der Waals surface area (Å²) in [7, 11) is 0. The van der Waals surface area contributed by atoms with E-state index in [4.69, 9.17) is 4.74 Å². The fraction of sp³-hybridized carbons (Fsp3) is 0.333. The highest BCUT2D eigenvalue weighted by Crippen LogP contribution is 2.29. The highest BCUT2D eigenvalue weighted by atomic mass is 32.1. The Balaban J connectivity index is 1.51. The predicted molar refractivity (Wildman–Crippen MR) is 113 cm³/mol. The van der Waals surface area contributed by atoms with Crippen LogP contribution in [0.15, 0.2) is 30.3 Å².